The Hall–Kier alpha value is -2.08. The van der Waals surface area contributed by atoms with Crippen LogP contribution in [0.25, 0.3) is 0 Å². The number of carbonyl (C=O) groups excluding carboxylic acids is 2. The zero-order valence-corrected chi connectivity index (χ0v) is 16.3. The summed E-state index contributed by atoms with van der Waals surface area (Å²) < 4.78 is 6.42. The topological polar surface area (TPSA) is 78.9 Å². The molecular weight excluding hydrogens is 356 g/mol. The second kappa shape index (κ2) is 6.21. The van der Waals surface area contributed by atoms with Gasteiger partial charge in [-0.2, -0.15) is 0 Å². The Balaban J connectivity index is 1.41. The molecule has 28 heavy (non-hydrogen) atoms. The summed E-state index contributed by atoms with van der Waals surface area (Å²) in [6.07, 6.45) is 4.52. The molecule has 1 spiro atoms. The second-order valence-corrected chi connectivity index (χ2v) is 9.38. The van der Waals surface area contributed by atoms with E-state index in [9.17, 15) is 14.7 Å². The van der Waals surface area contributed by atoms with Gasteiger partial charge in [-0.25, -0.2) is 0 Å². The highest BCUT2D eigenvalue weighted by Crippen LogP contribution is 2.59. The SMILES string of the molecule is C[C@@]12CC[C@@H](C[C@@H]1C(=O)N1CCC[C@@H](O)C1)[C@]1(C2)NC(=O)c2ccccc2O1. The molecule has 2 amide bonds. The highest BCUT2D eigenvalue weighted by Gasteiger charge is 2.62. The lowest BCUT2D eigenvalue weighted by Gasteiger charge is -2.60. The number of aliphatic hydroxyl groups is 1. The van der Waals surface area contributed by atoms with Gasteiger partial charge in [0.2, 0.25) is 5.91 Å². The molecular formula is C22H28N2O4. The third-order valence-electron chi connectivity index (χ3n) is 7.51. The molecule has 6 heteroatoms. The van der Waals surface area contributed by atoms with E-state index in [1.165, 1.54) is 0 Å². The van der Waals surface area contributed by atoms with Gasteiger partial charge in [-0.1, -0.05) is 19.1 Å². The number of likely N-dealkylation sites (tertiary alicyclic amines) is 1. The summed E-state index contributed by atoms with van der Waals surface area (Å²) in [4.78, 5) is 27.9. The molecule has 3 aliphatic carbocycles. The molecule has 5 aliphatic rings. The van der Waals surface area contributed by atoms with Crippen molar-refractivity contribution in [2.45, 2.75) is 57.3 Å². The van der Waals surface area contributed by atoms with Crippen LogP contribution in [0.1, 0.15) is 55.8 Å². The first kappa shape index (κ1) is 18.0. The third-order valence-corrected chi connectivity index (χ3v) is 7.51. The maximum atomic E-state index is 13.3. The number of piperidine rings is 1. The average molecular weight is 384 g/mol. The lowest BCUT2D eigenvalue weighted by molar-refractivity contribution is -0.176. The predicted octanol–water partition coefficient (Wildman–Crippen LogP) is 2.31. The van der Waals surface area contributed by atoms with E-state index >= 15 is 0 Å². The first-order chi connectivity index (χ1) is 13.4. The standard InChI is InChI=1S/C22H28N2O4/c1-21-9-8-14(11-17(21)20(27)24-10-4-5-15(25)12-24)22(13-21)23-19(26)16-6-2-3-7-18(16)28-22/h2-3,6-7,14-15,17,25H,4-5,8-13H2,1H3,(H,23,26)/t14-,15+,17+,21-,22+/m0/s1. The minimum absolute atomic E-state index is 0.0696. The Morgan fingerprint density at radius 2 is 2.14 bits per heavy atom. The average Bonchev–Trinajstić information content (AvgIpc) is 2.67. The molecule has 1 aromatic rings. The smallest absolute Gasteiger partial charge is 0.258 e. The van der Waals surface area contributed by atoms with Crippen LogP contribution in [0, 0.1) is 17.3 Å². The van der Waals surface area contributed by atoms with Gasteiger partial charge in [-0.15, -0.1) is 0 Å². The molecule has 2 bridgehead atoms. The van der Waals surface area contributed by atoms with E-state index in [-0.39, 0.29) is 29.1 Å². The molecule has 6 nitrogen and oxygen atoms in total. The summed E-state index contributed by atoms with van der Waals surface area (Å²) in [6.45, 7) is 3.35. The highest BCUT2D eigenvalue weighted by atomic mass is 16.5. The lowest BCUT2D eigenvalue weighted by Crippen LogP contribution is -2.69. The quantitative estimate of drug-likeness (QED) is 0.779. The Morgan fingerprint density at radius 3 is 2.93 bits per heavy atom. The minimum Gasteiger partial charge on any atom is -0.467 e. The number of para-hydroxylation sites is 1. The van der Waals surface area contributed by atoms with Gasteiger partial charge in [-0.3, -0.25) is 9.59 Å². The van der Waals surface area contributed by atoms with Gasteiger partial charge in [0.25, 0.3) is 5.91 Å². The van der Waals surface area contributed by atoms with E-state index in [2.05, 4.69) is 12.2 Å². The number of benzene rings is 1. The number of aliphatic hydroxyl groups excluding tert-OH is 1. The number of carbonyl (C=O) groups is 2. The number of nitrogens with one attached hydrogen (secondary N) is 1. The van der Waals surface area contributed by atoms with Crippen molar-refractivity contribution in [3.05, 3.63) is 29.8 Å². The van der Waals surface area contributed by atoms with Crippen molar-refractivity contribution in [2.24, 2.45) is 17.3 Å². The molecule has 2 heterocycles. The van der Waals surface area contributed by atoms with E-state index in [1.54, 1.807) is 6.07 Å². The number of hydrogen-bond donors (Lipinski definition) is 2. The normalized spacial score (nSPS) is 39.3. The van der Waals surface area contributed by atoms with E-state index in [0.717, 1.165) is 38.6 Å². The summed E-state index contributed by atoms with van der Waals surface area (Å²) in [5.41, 5.74) is -0.348. The Labute approximate surface area is 165 Å². The number of hydrogen-bond acceptors (Lipinski definition) is 4. The lowest BCUT2D eigenvalue weighted by atomic mass is 9.52. The molecule has 0 unspecified atom stereocenters. The van der Waals surface area contributed by atoms with Gasteiger partial charge < -0.3 is 20.1 Å². The molecule has 0 radical (unpaired) electrons. The van der Waals surface area contributed by atoms with E-state index in [1.807, 2.05) is 23.1 Å². The summed E-state index contributed by atoms with van der Waals surface area (Å²) >= 11 is 0. The molecule has 2 aliphatic heterocycles. The van der Waals surface area contributed by atoms with Crippen LogP contribution in [0.15, 0.2) is 24.3 Å². The molecule has 0 aromatic heterocycles. The van der Waals surface area contributed by atoms with Crippen LogP contribution in [0.2, 0.25) is 0 Å². The van der Waals surface area contributed by atoms with E-state index in [4.69, 9.17) is 4.74 Å². The van der Waals surface area contributed by atoms with Gasteiger partial charge in [0, 0.05) is 31.3 Å². The number of nitrogens with zero attached hydrogens (tertiary/aromatic N) is 1. The second-order valence-electron chi connectivity index (χ2n) is 9.38. The zero-order valence-electron chi connectivity index (χ0n) is 16.3. The van der Waals surface area contributed by atoms with Crippen molar-refractivity contribution in [1.29, 1.82) is 0 Å². The molecule has 1 saturated heterocycles. The largest absolute Gasteiger partial charge is 0.467 e. The van der Waals surface area contributed by atoms with E-state index < -0.39 is 11.8 Å². The van der Waals surface area contributed by atoms with Gasteiger partial charge >= 0.3 is 0 Å². The van der Waals surface area contributed by atoms with Gasteiger partial charge in [-0.05, 0) is 49.7 Å². The predicted molar refractivity (Wildman–Crippen MR) is 103 cm³/mol. The van der Waals surface area contributed by atoms with Crippen molar-refractivity contribution in [2.75, 3.05) is 13.1 Å². The van der Waals surface area contributed by atoms with Crippen molar-refractivity contribution < 1.29 is 19.4 Å². The van der Waals surface area contributed by atoms with Crippen LogP contribution in [0.4, 0.5) is 0 Å². The summed E-state index contributed by atoms with van der Waals surface area (Å²) in [7, 11) is 0. The van der Waals surface area contributed by atoms with Crippen molar-refractivity contribution in [3.63, 3.8) is 0 Å². The third kappa shape index (κ3) is 2.65. The molecule has 150 valence electrons. The zero-order chi connectivity index (χ0) is 19.5. The van der Waals surface area contributed by atoms with Gasteiger partial charge in [0.05, 0.1) is 11.7 Å². The van der Waals surface area contributed by atoms with Crippen LogP contribution in [0.5, 0.6) is 5.75 Å². The van der Waals surface area contributed by atoms with Crippen LogP contribution >= 0.6 is 0 Å². The van der Waals surface area contributed by atoms with Crippen molar-refractivity contribution >= 4 is 11.8 Å². The van der Waals surface area contributed by atoms with E-state index in [0.29, 0.717) is 24.3 Å². The first-order valence-electron chi connectivity index (χ1n) is 10.5. The fourth-order valence-corrected chi connectivity index (χ4v) is 6.01. The van der Waals surface area contributed by atoms with Crippen LogP contribution in [-0.2, 0) is 4.79 Å². The van der Waals surface area contributed by atoms with Crippen LogP contribution < -0.4 is 10.1 Å². The molecule has 4 fully saturated rings. The Morgan fingerprint density at radius 1 is 1.32 bits per heavy atom. The summed E-state index contributed by atoms with van der Waals surface area (Å²) in [5, 5.41) is 13.1. The maximum Gasteiger partial charge on any atom is 0.258 e. The number of amides is 2. The fourth-order valence-electron chi connectivity index (χ4n) is 6.01. The maximum absolute atomic E-state index is 13.3. The molecule has 6 rings (SSSR count). The monoisotopic (exact) mass is 384 g/mol. The first-order valence-corrected chi connectivity index (χ1v) is 10.5. The van der Waals surface area contributed by atoms with Crippen molar-refractivity contribution in [1.82, 2.24) is 10.2 Å². The number of ether oxygens (including phenoxy) is 1. The molecule has 2 N–H and O–H groups in total. The minimum atomic E-state index is -0.712. The molecule has 3 saturated carbocycles. The Kier molecular flexibility index (Phi) is 3.99. The van der Waals surface area contributed by atoms with Gasteiger partial charge in [0.15, 0.2) is 5.72 Å². The number of rotatable bonds is 1. The number of β-amino-alcohol motifs (C(OH)–C–C–N with tert-alkyl or cyclic N) is 1. The summed E-state index contributed by atoms with van der Waals surface area (Å²) in [5.74, 6) is 0.780. The van der Waals surface area contributed by atoms with Crippen LogP contribution in [-0.4, -0.2) is 46.7 Å². The van der Waals surface area contributed by atoms with Crippen LogP contribution in [0.3, 0.4) is 0 Å². The molecule has 1 aromatic carbocycles. The Bertz CT molecular complexity index is 827. The van der Waals surface area contributed by atoms with Gasteiger partial charge in [0.1, 0.15) is 5.75 Å². The highest BCUT2D eigenvalue weighted by molar-refractivity contribution is 5.98. The molecule has 5 atom stereocenters. The van der Waals surface area contributed by atoms with Crippen molar-refractivity contribution in [3.8, 4) is 5.75 Å². The fraction of sp³-hybridized carbons (Fsp3) is 0.636. The summed E-state index contributed by atoms with van der Waals surface area (Å²) in [6, 6.07) is 7.38. The number of fused-ring (bicyclic) bond motifs is 3.